The molecule has 1 rings (SSSR count). The fourth-order valence-electron chi connectivity index (χ4n) is 1.09. The third-order valence-electron chi connectivity index (χ3n) is 1.70. The van der Waals surface area contributed by atoms with Gasteiger partial charge in [0.25, 0.3) is 0 Å². The molecule has 0 aromatic heterocycles. The Hall–Kier alpha value is -1.86. The van der Waals surface area contributed by atoms with E-state index in [1.807, 2.05) is 0 Å². The average Bonchev–Trinajstić information content (AvgIpc) is 2.15. The van der Waals surface area contributed by atoms with Crippen LogP contribution in [0.3, 0.4) is 0 Å². The first-order valence-corrected chi connectivity index (χ1v) is 5.22. The zero-order valence-electron chi connectivity index (χ0n) is 8.72. The molecule has 0 saturated carbocycles. The van der Waals surface area contributed by atoms with E-state index in [2.05, 4.69) is 9.98 Å². The fraction of sp³-hybridized carbons (Fsp3) is 0. The van der Waals surface area contributed by atoms with Crippen molar-refractivity contribution in [3.05, 3.63) is 28.8 Å². The van der Waals surface area contributed by atoms with E-state index < -0.39 is 0 Å². The molecule has 0 unspecified atom stereocenters. The van der Waals surface area contributed by atoms with Crippen LogP contribution < -0.4 is 22.9 Å². The van der Waals surface area contributed by atoms with Crippen molar-refractivity contribution in [2.24, 2.45) is 32.9 Å². The molecule has 8 N–H and O–H groups in total. The van der Waals surface area contributed by atoms with Crippen LogP contribution in [0.1, 0.15) is 5.56 Å². The normalized spacial score (nSPS) is 11.0. The molecular formula is C9H11ClN6S. The third kappa shape index (κ3) is 3.89. The molecule has 0 atom stereocenters. The molecule has 8 heteroatoms. The second-order valence-electron chi connectivity index (χ2n) is 3.03. The van der Waals surface area contributed by atoms with Crippen LogP contribution in [0.5, 0.6) is 0 Å². The highest BCUT2D eigenvalue weighted by Crippen LogP contribution is 2.23. The van der Waals surface area contributed by atoms with Gasteiger partial charge in [-0.1, -0.05) is 23.8 Å². The van der Waals surface area contributed by atoms with Gasteiger partial charge in [-0.05, 0) is 18.2 Å². The van der Waals surface area contributed by atoms with E-state index in [9.17, 15) is 0 Å². The Morgan fingerprint density at radius 2 is 1.82 bits per heavy atom. The Morgan fingerprint density at radius 1 is 1.18 bits per heavy atom. The number of nitrogens with zero attached hydrogens (tertiary/aromatic N) is 2. The van der Waals surface area contributed by atoms with Crippen molar-refractivity contribution in [2.45, 2.75) is 0 Å². The minimum Gasteiger partial charge on any atom is -0.389 e. The topological polar surface area (TPSA) is 129 Å². The summed E-state index contributed by atoms with van der Waals surface area (Å²) in [6, 6.07) is 4.85. The summed E-state index contributed by atoms with van der Waals surface area (Å²) in [4.78, 5) is 7.73. The van der Waals surface area contributed by atoms with Gasteiger partial charge >= 0.3 is 0 Å². The molecular weight excluding hydrogens is 260 g/mol. The second-order valence-corrected chi connectivity index (χ2v) is 3.91. The first-order chi connectivity index (χ1) is 7.90. The molecule has 0 heterocycles. The van der Waals surface area contributed by atoms with Gasteiger partial charge in [0.15, 0.2) is 5.96 Å². The van der Waals surface area contributed by atoms with Crippen molar-refractivity contribution in [3.63, 3.8) is 0 Å². The summed E-state index contributed by atoms with van der Waals surface area (Å²) < 4.78 is 0. The molecule has 1 aromatic carbocycles. The lowest BCUT2D eigenvalue weighted by Gasteiger charge is -2.04. The van der Waals surface area contributed by atoms with Gasteiger partial charge in [0.05, 0.1) is 5.69 Å². The molecule has 0 aliphatic carbocycles. The van der Waals surface area contributed by atoms with Crippen molar-refractivity contribution in [1.82, 2.24) is 0 Å². The van der Waals surface area contributed by atoms with Crippen LogP contribution in [0, 0.1) is 0 Å². The lowest BCUT2D eigenvalue weighted by molar-refractivity contribution is 1.37. The fourth-order valence-corrected chi connectivity index (χ4v) is 1.43. The van der Waals surface area contributed by atoms with Crippen LogP contribution in [0.4, 0.5) is 5.69 Å². The van der Waals surface area contributed by atoms with Crippen LogP contribution in [-0.4, -0.2) is 16.9 Å². The minimum absolute atomic E-state index is 0.107. The molecule has 0 radical (unpaired) electrons. The maximum atomic E-state index is 5.83. The molecule has 0 aliphatic rings. The average molecular weight is 271 g/mol. The van der Waals surface area contributed by atoms with Crippen molar-refractivity contribution < 1.29 is 0 Å². The van der Waals surface area contributed by atoms with E-state index in [-0.39, 0.29) is 16.9 Å². The van der Waals surface area contributed by atoms with Crippen LogP contribution in [0.15, 0.2) is 28.2 Å². The molecule has 1 aromatic rings. The predicted molar refractivity (Wildman–Crippen MR) is 74.4 cm³/mol. The van der Waals surface area contributed by atoms with Crippen LogP contribution in [0.2, 0.25) is 5.02 Å². The van der Waals surface area contributed by atoms with E-state index in [0.717, 1.165) is 0 Å². The molecule has 0 aliphatic heterocycles. The van der Waals surface area contributed by atoms with Crippen LogP contribution in [0.25, 0.3) is 0 Å². The summed E-state index contributed by atoms with van der Waals surface area (Å²) in [6.45, 7) is 0. The number of rotatable bonds is 2. The zero-order valence-corrected chi connectivity index (χ0v) is 10.3. The molecule has 90 valence electrons. The van der Waals surface area contributed by atoms with Gasteiger partial charge in [-0.3, -0.25) is 0 Å². The van der Waals surface area contributed by atoms with Gasteiger partial charge in [-0.2, -0.15) is 4.99 Å². The zero-order chi connectivity index (χ0) is 13.0. The van der Waals surface area contributed by atoms with E-state index in [1.165, 1.54) is 0 Å². The Morgan fingerprint density at radius 3 is 2.35 bits per heavy atom. The Kier molecular flexibility index (Phi) is 4.24. The molecule has 6 nitrogen and oxygen atoms in total. The van der Waals surface area contributed by atoms with Crippen molar-refractivity contribution in [3.8, 4) is 0 Å². The number of guanidine groups is 2. The summed E-state index contributed by atoms with van der Waals surface area (Å²) in [6.07, 6.45) is 0. The number of halogens is 1. The van der Waals surface area contributed by atoms with Gasteiger partial charge in [0.2, 0.25) is 5.96 Å². The molecule has 0 fully saturated rings. The number of thiocarbonyl (C=S) groups is 1. The molecule has 17 heavy (non-hydrogen) atoms. The SMILES string of the molecule is NC(=S)c1ccc(Cl)cc1N=C(N)N=C(N)N. The summed E-state index contributed by atoms with van der Waals surface area (Å²) in [7, 11) is 0. The van der Waals surface area contributed by atoms with Crippen molar-refractivity contribution in [2.75, 3.05) is 0 Å². The second kappa shape index (κ2) is 5.46. The first kappa shape index (κ1) is 13.2. The van der Waals surface area contributed by atoms with Gasteiger partial charge in [-0.15, -0.1) is 0 Å². The largest absolute Gasteiger partial charge is 0.389 e. The third-order valence-corrected chi connectivity index (χ3v) is 2.16. The molecule has 0 amide bonds. The maximum absolute atomic E-state index is 5.83. The van der Waals surface area contributed by atoms with E-state index >= 15 is 0 Å². The highest BCUT2D eigenvalue weighted by Gasteiger charge is 2.05. The van der Waals surface area contributed by atoms with Crippen molar-refractivity contribution in [1.29, 1.82) is 0 Å². The van der Waals surface area contributed by atoms with E-state index in [1.54, 1.807) is 18.2 Å². The van der Waals surface area contributed by atoms with Crippen LogP contribution >= 0.6 is 23.8 Å². The Bertz CT molecular complexity index is 506. The smallest absolute Gasteiger partial charge is 0.223 e. The van der Waals surface area contributed by atoms with Gasteiger partial charge in [0, 0.05) is 10.6 Å². The van der Waals surface area contributed by atoms with Gasteiger partial charge in [-0.25, -0.2) is 4.99 Å². The highest BCUT2D eigenvalue weighted by atomic mass is 35.5. The molecule has 0 saturated heterocycles. The van der Waals surface area contributed by atoms with Gasteiger partial charge < -0.3 is 22.9 Å². The first-order valence-electron chi connectivity index (χ1n) is 4.43. The van der Waals surface area contributed by atoms with Gasteiger partial charge in [0.1, 0.15) is 4.99 Å². The number of hydrogen-bond donors (Lipinski definition) is 4. The summed E-state index contributed by atoms with van der Waals surface area (Å²) in [5, 5.41) is 0.473. The maximum Gasteiger partial charge on any atom is 0.223 e. The number of aliphatic imine (C=N–C) groups is 2. The van der Waals surface area contributed by atoms with Crippen LogP contribution in [-0.2, 0) is 0 Å². The summed E-state index contributed by atoms with van der Waals surface area (Å²) in [5.41, 5.74) is 22.3. The number of hydrogen-bond acceptors (Lipinski definition) is 2. The summed E-state index contributed by atoms with van der Waals surface area (Å²) in [5.74, 6) is -0.296. The Balaban J connectivity index is 3.25. The minimum atomic E-state index is -0.190. The van der Waals surface area contributed by atoms with E-state index in [0.29, 0.717) is 16.3 Å². The predicted octanol–water partition coefficient (Wildman–Crippen LogP) is 0.194. The highest BCUT2D eigenvalue weighted by molar-refractivity contribution is 7.80. The quantitative estimate of drug-likeness (QED) is 0.346. The lowest BCUT2D eigenvalue weighted by atomic mass is 10.2. The number of benzene rings is 1. The van der Waals surface area contributed by atoms with Crippen molar-refractivity contribution >= 4 is 46.4 Å². The molecule has 0 bridgehead atoms. The monoisotopic (exact) mass is 270 g/mol. The molecule has 0 spiro atoms. The standard InChI is InChI=1S/C9H11ClN6S/c10-4-1-2-5(7(11)17)6(3-4)15-9(14)16-8(12)13/h1-3H,(H2,11,17)(H6,12,13,14,15,16). The summed E-state index contributed by atoms with van der Waals surface area (Å²) >= 11 is 10.7. The number of nitrogens with two attached hydrogens (primary N) is 4. The Labute approximate surface area is 108 Å². The lowest BCUT2D eigenvalue weighted by Crippen LogP contribution is -2.26. The van der Waals surface area contributed by atoms with E-state index in [4.69, 9.17) is 46.8 Å².